The number of hydrogen-bond acceptors (Lipinski definition) is 3. The summed E-state index contributed by atoms with van der Waals surface area (Å²) in [5.41, 5.74) is 1.80. The van der Waals surface area contributed by atoms with Gasteiger partial charge in [0.05, 0.1) is 6.10 Å². The summed E-state index contributed by atoms with van der Waals surface area (Å²) in [6.07, 6.45) is 10.4. The first-order valence-corrected chi connectivity index (χ1v) is 8.64. The summed E-state index contributed by atoms with van der Waals surface area (Å²) in [4.78, 5) is 19.2. The summed E-state index contributed by atoms with van der Waals surface area (Å²) in [7, 11) is 0. The molecule has 1 N–H and O–H groups in total. The van der Waals surface area contributed by atoms with Crippen molar-refractivity contribution >= 4 is 5.91 Å². The minimum absolute atomic E-state index is 0.125. The van der Waals surface area contributed by atoms with Gasteiger partial charge in [-0.25, -0.2) is 0 Å². The van der Waals surface area contributed by atoms with E-state index in [1.807, 2.05) is 11.0 Å². The number of aromatic nitrogens is 1. The highest BCUT2D eigenvalue weighted by molar-refractivity contribution is 5.96. The molecule has 0 bridgehead atoms. The zero-order valence-electron chi connectivity index (χ0n) is 13.4. The van der Waals surface area contributed by atoms with E-state index in [2.05, 4.69) is 11.9 Å². The van der Waals surface area contributed by atoms with E-state index < -0.39 is 0 Å². The minimum Gasteiger partial charge on any atom is -0.393 e. The molecule has 0 spiro atoms. The van der Waals surface area contributed by atoms with Crippen LogP contribution in [0.3, 0.4) is 0 Å². The average Bonchev–Trinajstić information content (AvgIpc) is 3.04. The maximum Gasteiger partial charge on any atom is 0.254 e. The maximum atomic E-state index is 13.0. The van der Waals surface area contributed by atoms with Crippen LogP contribution in [0.5, 0.6) is 0 Å². The topological polar surface area (TPSA) is 53.4 Å². The zero-order valence-corrected chi connectivity index (χ0v) is 13.4. The first kappa shape index (κ1) is 15.5. The number of carbonyl (C=O) groups is 1. The van der Waals surface area contributed by atoms with Gasteiger partial charge in [0, 0.05) is 36.5 Å². The number of hydrogen-bond donors (Lipinski definition) is 1. The predicted molar refractivity (Wildman–Crippen MR) is 85.6 cm³/mol. The molecule has 0 aromatic carbocycles. The average molecular weight is 302 g/mol. The molecule has 2 aliphatic rings. The Morgan fingerprint density at radius 1 is 1.32 bits per heavy atom. The summed E-state index contributed by atoms with van der Waals surface area (Å²) in [6, 6.07) is 2.05. The number of carbonyl (C=O) groups excluding carboxylic acids is 1. The second-order valence-electron chi connectivity index (χ2n) is 6.61. The van der Waals surface area contributed by atoms with E-state index >= 15 is 0 Å². The van der Waals surface area contributed by atoms with Crippen LogP contribution in [-0.2, 0) is 6.42 Å². The molecule has 1 aliphatic carbocycles. The highest BCUT2D eigenvalue weighted by atomic mass is 16.3. The molecule has 120 valence electrons. The van der Waals surface area contributed by atoms with Crippen LogP contribution in [0.15, 0.2) is 18.5 Å². The number of aliphatic hydroxyl groups excluding tert-OH is 1. The molecular formula is C18H26N2O2. The van der Waals surface area contributed by atoms with E-state index in [9.17, 15) is 9.90 Å². The molecule has 1 aliphatic heterocycles. The van der Waals surface area contributed by atoms with Crippen LogP contribution < -0.4 is 0 Å². The molecule has 4 heteroatoms. The molecule has 0 radical (unpaired) electrons. The number of nitrogens with zero attached hydrogens (tertiary/aromatic N) is 2. The number of aliphatic hydroxyl groups is 1. The minimum atomic E-state index is -0.241. The van der Waals surface area contributed by atoms with Crippen molar-refractivity contribution in [2.75, 3.05) is 6.54 Å². The van der Waals surface area contributed by atoms with E-state index in [4.69, 9.17) is 0 Å². The SMILES string of the molecule is CCc1cnccc1C(=O)N1CCC[C@@H]1[C@@H]1CCCC[C@@H]1O. The van der Waals surface area contributed by atoms with E-state index in [1.54, 1.807) is 12.4 Å². The van der Waals surface area contributed by atoms with Crippen LogP contribution in [0.2, 0.25) is 0 Å². The Kier molecular flexibility index (Phi) is 4.77. The number of rotatable bonds is 3. The second-order valence-corrected chi connectivity index (χ2v) is 6.61. The van der Waals surface area contributed by atoms with E-state index in [1.165, 1.54) is 6.42 Å². The number of likely N-dealkylation sites (tertiary alicyclic amines) is 1. The lowest BCUT2D eigenvalue weighted by molar-refractivity contribution is 0.0211. The summed E-state index contributed by atoms with van der Waals surface area (Å²) < 4.78 is 0. The molecule has 1 saturated carbocycles. The van der Waals surface area contributed by atoms with Crippen LogP contribution in [0.1, 0.15) is 61.4 Å². The van der Waals surface area contributed by atoms with Gasteiger partial charge in [-0.05, 0) is 43.7 Å². The van der Waals surface area contributed by atoms with Crippen molar-refractivity contribution < 1.29 is 9.90 Å². The smallest absolute Gasteiger partial charge is 0.254 e. The van der Waals surface area contributed by atoms with Crippen LogP contribution in [0.25, 0.3) is 0 Å². The third kappa shape index (κ3) is 2.89. The Bertz CT molecular complexity index is 532. The number of aryl methyl sites for hydroxylation is 1. The highest BCUT2D eigenvalue weighted by Gasteiger charge is 2.39. The van der Waals surface area contributed by atoms with Crippen molar-refractivity contribution in [1.29, 1.82) is 0 Å². The van der Waals surface area contributed by atoms with Gasteiger partial charge in [0.2, 0.25) is 0 Å². The Morgan fingerprint density at radius 2 is 2.14 bits per heavy atom. The molecule has 3 rings (SSSR count). The zero-order chi connectivity index (χ0) is 15.5. The highest BCUT2D eigenvalue weighted by Crippen LogP contribution is 2.35. The largest absolute Gasteiger partial charge is 0.393 e. The third-order valence-corrected chi connectivity index (χ3v) is 5.35. The molecule has 1 aromatic rings. The van der Waals surface area contributed by atoms with Gasteiger partial charge >= 0.3 is 0 Å². The van der Waals surface area contributed by atoms with Crippen LogP contribution in [0.4, 0.5) is 0 Å². The lowest BCUT2D eigenvalue weighted by atomic mass is 9.80. The second kappa shape index (κ2) is 6.78. The Morgan fingerprint density at radius 3 is 2.91 bits per heavy atom. The van der Waals surface area contributed by atoms with E-state index in [0.29, 0.717) is 0 Å². The van der Waals surface area contributed by atoms with Gasteiger partial charge in [0.25, 0.3) is 5.91 Å². The third-order valence-electron chi connectivity index (χ3n) is 5.35. The number of pyridine rings is 1. The fraction of sp³-hybridized carbons (Fsp3) is 0.667. The fourth-order valence-electron chi connectivity index (χ4n) is 4.15. The summed E-state index contributed by atoms with van der Waals surface area (Å²) >= 11 is 0. The Labute approximate surface area is 132 Å². The maximum absolute atomic E-state index is 13.0. The lowest BCUT2D eigenvalue weighted by Gasteiger charge is -2.37. The standard InChI is InChI=1S/C18H26N2O2/c1-2-13-12-19-10-9-14(13)18(22)20-11-5-7-16(20)15-6-3-4-8-17(15)21/h9-10,12,15-17,21H,2-8,11H2,1H3/t15-,16+,17-/m0/s1. The van der Waals surface area contributed by atoms with Crippen molar-refractivity contribution in [3.05, 3.63) is 29.6 Å². The van der Waals surface area contributed by atoms with Crippen molar-refractivity contribution in [1.82, 2.24) is 9.88 Å². The summed E-state index contributed by atoms with van der Waals surface area (Å²) in [5, 5.41) is 10.4. The summed E-state index contributed by atoms with van der Waals surface area (Å²) in [6.45, 7) is 2.87. The lowest BCUT2D eigenvalue weighted by Crippen LogP contribution is -2.45. The van der Waals surface area contributed by atoms with Crippen molar-refractivity contribution in [3.63, 3.8) is 0 Å². The molecule has 3 atom stereocenters. The molecule has 1 amide bonds. The van der Waals surface area contributed by atoms with E-state index in [0.717, 1.165) is 56.2 Å². The monoisotopic (exact) mass is 302 g/mol. The Balaban J connectivity index is 1.81. The summed E-state index contributed by atoms with van der Waals surface area (Å²) in [5.74, 6) is 0.381. The predicted octanol–water partition coefficient (Wildman–Crippen LogP) is 2.80. The first-order chi connectivity index (χ1) is 10.7. The van der Waals surface area contributed by atoms with E-state index in [-0.39, 0.29) is 24.0 Å². The van der Waals surface area contributed by atoms with Crippen LogP contribution in [-0.4, -0.2) is 39.6 Å². The van der Waals surface area contributed by atoms with Gasteiger partial charge in [-0.1, -0.05) is 19.8 Å². The first-order valence-electron chi connectivity index (χ1n) is 8.64. The van der Waals surface area contributed by atoms with Crippen molar-refractivity contribution in [3.8, 4) is 0 Å². The molecule has 4 nitrogen and oxygen atoms in total. The molecule has 2 fully saturated rings. The molecule has 2 heterocycles. The van der Waals surface area contributed by atoms with Gasteiger partial charge in [-0.2, -0.15) is 0 Å². The van der Waals surface area contributed by atoms with Gasteiger partial charge in [0.15, 0.2) is 0 Å². The van der Waals surface area contributed by atoms with Crippen LogP contribution in [0, 0.1) is 5.92 Å². The number of amides is 1. The molecule has 0 unspecified atom stereocenters. The molecule has 1 saturated heterocycles. The molecular weight excluding hydrogens is 276 g/mol. The quantitative estimate of drug-likeness (QED) is 0.934. The van der Waals surface area contributed by atoms with Gasteiger partial charge < -0.3 is 10.0 Å². The van der Waals surface area contributed by atoms with Gasteiger partial charge in [-0.3, -0.25) is 9.78 Å². The van der Waals surface area contributed by atoms with Crippen molar-refractivity contribution in [2.24, 2.45) is 5.92 Å². The molecule has 22 heavy (non-hydrogen) atoms. The van der Waals surface area contributed by atoms with Crippen molar-refractivity contribution in [2.45, 2.75) is 64.0 Å². The Hall–Kier alpha value is -1.42. The molecule has 1 aromatic heterocycles. The normalized spacial score (nSPS) is 28.8. The van der Waals surface area contributed by atoms with Gasteiger partial charge in [0.1, 0.15) is 0 Å². The van der Waals surface area contributed by atoms with Crippen LogP contribution >= 0.6 is 0 Å². The fourth-order valence-corrected chi connectivity index (χ4v) is 4.15. The van der Waals surface area contributed by atoms with Gasteiger partial charge in [-0.15, -0.1) is 0 Å².